The molecule has 0 N–H and O–H groups in total. The van der Waals surface area contributed by atoms with Crippen molar-refractivity contribution in [1.82, 2.24) is 14.5 Å². The second-order valence-corrected chi connectivity index (χ2v) is 7.71. The predicted octanol–water partition coefficient (Wildman–Crippen LogP) is 4.91. The summed E-state index contributed by atoms with van der Waals surface area (Å²) in [6.45, 7) is 1.87. The van der Waals surface area contributed by atoms with Gasteiger partial charge in [0.15, 0.2) is 0 Å². The van der Waals surface area contributed by atoms with Crippen LogP contribution in [0, 0.1) is 0 Å². The van der Waals surface area contributed by atoms with Crippen LogP contribution in [0.2, 0.25) is 0 Å². The van der Waals surface area contributed by atoms with Crippen LogP contribution in [0.25, 0.3) is 21.8 Å². The maximum atomic E-state index is 5.62. The Morgan fingerprint density at radius 3 is 2.55 bits per heavy atom. The van der Waals surface area contributed by atoms with Gasteiger partial charge in [0.05, 0.1) is 25.3 Å². The van der Waals surface area contributed by atoms with Crippen molar-refractivity contribution in [2.45, 2.75) is 13.0 Å². The van der Waals surface area contributed by atoms with Crippen molar-refractivity contribution in [2.24, 2.45) is 4.99 Å². The quantitative estimate of drug-likeness (QED) is 0.383. The van der Waals surface area contributed by atoms with Crippen molar-refractivity contribution in [3.05, 3.63) is 60.2 Å². The Kier molecular flexibility index (Phi) is 6.18. The zero-order valence-electron chi connectivity index (χ0n) is 18.5. The molecule has 0 saturated carbocycles. The third-order valence-electron chi connectivity index (χ3n) is 5.38. The second-order valence-electron chi connectivity index (χ2n) is 7.71. The molecule has 6 nitrogen and oxygen atoms in total. The summed E-state index contributed by atoms with van der Waals surface area (Å²) in [6, 6.07) is 18.1. The van der Waals surface area contributed by atoms with Crippen LogP contribution in [-0.4, -0.2) is 55.5 Å². The van der Waals surface area contributed by atoms with Crippen LogP contribution in [0.3, 0.4) is 0 Å². The van der Waals surface area contributed by atoms with E-state index < -0.39 is 0 Å². The number of aliphatic imine (C=N–C) groups is 1. The van der Waals surface area contributed by atoms with Gasteiger partial charge >= 0.3 is 0 Å². The largest absolute Gasteiger partial charge is 0.496 e. The van der Waals surface area contributed by atoms with E-state index in [9.17, 15) is 0 Å². The molecule has 0 bridgehead atoms. The van der Waals surface area contributed by atoms with Crippen molar-refractivity contribution in [3.8, 4) is 11.5 Å². The molecule has 3 aromatic carbocycles. The number of para-hydroxylation sites is 2. The number of nitrogens with zero attached hydrogens (tertiary/aromatic N) is 4. The van der Waals surface area contributed by atoms with Crippen molar-refractivity contribution in [1.29, 1.82) is 0 Å². The van der Waals surface area contributed by atoms with Gasteiger partial charge in [-0.3, -0.25) is 0 Å². The lowest BCUT2D eigenvalue weighted by molar-refractivity contribution is 0.388. The average Bonchev–Trinajstić information content (AvgIpc) is 3.14. The summed E-state index contributed by atoms with van der Waals surface area (Å²) >= 11 is 0. The van der Waals surface area contributed by atoms with Crippen molar-refractivity contribution in [3.63, 3.8) is 0 Å². The van der Waals surface area contributed by atoms with E-state index in [1.54, 1.807) is 14.2 Å². The van der Waals surface area contributed by atoms with Gasteiger partial charge in [-0.05, 0) is 57.4 Å². The molecule has 1 heterocycles. The lowest BCUT2D eigenvalue weighted by Crippen LogP contribution is -2.15. The summed E-state index contributed by atoms with van der Waals surface area (Å²) in [5.74, 6) is 2.30. The van der Waals surface area contributed by atoms with Crippen molar-refractivity contribution < 1.29 is 9.47 Å². The van der Waals surface area contributed by atoms with Crippen LogP contribution in [-0.2, 0) is 6.54 Å². The fraction of sp³-hybridized carbons (Fsp3) is 0.280. The highest BCUT2D eigenvalue weighted by molar-refractivity contribution is 6.06. The van der Waals surface area contributed by atoms with Gasteiger partial charge in [-0.15, -0.1) is 0 Å². The lowest BCUT2D eigenvalue weighted by Gasteiger charge is -2.12. The number of imidazole rings is 1. The number of rotatable bonds is 8. The van der Waals surface area contributed by atoms with Gasteiger partial charge in [0.1, 0.15) is 11.5 Å². The maximum Gasteiger partial charge on any atom is 0.230 e. The van der Waals surface area contributed by atoms with E-state index in [-0.39, 0.29) is 0 Å². The van der Waals surface area contributed by atoms with E-state index in [2.05, 4.69) is 29.6 Å². The molecule has 0 saturated heterocycles. The Morgan fingerprint density at radius 1 is 0.968 bits per heavy atom. The first kappa shape index (κ1) is 20.9. The highest BCUT2D eigenvalue weighted by atomic mass is 16.5. The molecule has 0 unspecified atom stereocenters. The monoisotopic (exact) mass is 416 g/mol. The molecule has 0 aliphatic heterocycles. The van der Waals surface area contributed by atoms with Gasteiger partial charge < -0.3 is 18.9 Å². The Balaban J connectivity index is 1.78. The molecular weight excluding hydrogens is 388 g/mol. The van der Waals surface area contributed by atoms with Crippen LogP contribution < -0.4 is 9.47 Å². The maximum absolute atomic E-state index is 5.62. The first-order valence-electron chi connectivity index (χ1n) is 10.4. The molecule has 0 aliphatic carbocycles. The smallest absolute Gasteiger partial charge is 0.230 e. The highest BCUT2D eigenvalue weighted by Gasteiger charge is 2.12. The normalized spacial score (nSPS) is 11.8. The van der Waals surface area contributed by atoms with Gasteiger partial charge in [-0.25, -0.2) is 9.98 Å². The summed E-state index contributed by atoms with van der Waals surface area (Å²) < 4.78 is 13.4. The Labute approximate surface area is 182 Å². The number of aromatic nitrogens is 2. The van der Waals surface area contributed by atoms with Gasteiger partial charge in [0.25, 0.3) is 0 Å². The molecule has 0 spiro atoms. The number of aryl methyl sites for hydroxylation is 1. The molecule has 1 aromatic heterocycles. The number of ether oxygens (including phenoxy) is 2. The van der Waals surface area contributed by atoms with Crippen LogP contribution in [0.5, 0.6) is 11.5 Å². The molecule has 31 heavy (non-hydrogen) atoms. The zero-order valence-corrected chi connectivity index (χ0v) is 18.5. The first-order chi connectivity index (χ1) is 15.1. The summed E-state index contributed by atoms with van der Waals surface area (Å²) in [5.41, 5.74) is 3.02. The summed E-state index contributed by atoms with van der Waals surface area (Å²) in [5, 5.41) is 1.97. The predicted molar refractivity (Wildman–Crippen MR) is 127 cm³/mol. The Bertz CT molecular complexity index is 1230. The zero-order chi connectivity index (χ0) is 21.8. The van der Waals surface area contributed by atoms with E-state index in [0.717, 1.165) is 58.4 Å². The number of hydrogen-bond donors (Lipinski definition) is 0. The van der Waals surface area contributed by atoms with Crippen molar-refractivity contribution >= 4 is 34.0 Å². The molecule has 4 rings (SSSR count). The number of benzene rings is 3. The number of hydrogen-bond acceptors (Lipinski definition) is 5. The fourth-order valence-electron chi connectivity index (χ4n) is 3.88. The average molecular weight is 417 g/mol. The molecule has 0 amide bonds. The Morgan fingerprint density at radius 2 is 1.77 bits per heavy atom. The van der Waals surface area contributed by atoms with Crippen LogP contribution in [0.1, 0.15) is 12.0 Å². The van der Waals surface area contributed by atoms with Crippen LogP contribution in [0.15, 0.2) is 59.6 Å². The first-order valence-corrected chi connectivity index (χ1v) is 10.4. The molecule has 4 aromatic rings. The molecule has 6 heteroatoms. The SMILES string of the molecule is COc1ccc(/C=N/c2nc3ccccc3n2CCCN(C)C)c2c(OC)cccc12. The third-order valence-corrected chi connectivity index (χ3v) is 5.38. The second kappa shape index (κ2) is 9.18. The standard InChI is InChI=1S/C25H28N4O2/c1-28(2)15-8-16-29-21-11-6-5-10-20(21)27-25(29)26-17-18-13-14-22(30-3)19-9-7-12-23(31-4)24(18)19/h5-7,9-14,17H,8,15-16H2,1-4H3/b26-17+. The van der Waals surface area contributed by atoms with Crippen LogP contribution in [0.4, 0.5) is 5.95 Å². The third kappa shape index (κ3) is 4.25. The lowest BCUT2D eigenvalue weighted by atomic mass is 10.0. The highest BCUT2D eigenvalue weighted by Crippen LogP contribution is 2.34. The minimum atomic E-state index is 0.707. The minimum absolute atomic E-state index is 0.707. The summed E-state index contributed by atoms with van der Waals surface area (Å²) in [4.78, 5) is 11.8. The number of methoxy groups -OCH3 is 2. The van der Waals surface area contributed by atoms with E-state index in [1.807, 2.05) is 54.7 Å². The van der Waals surface area contributed by atoms with Gasteiger partial charge in [0, 0.05) is 29.1 Å². The molecule has 0 radical (unpaired) electrons. The fourth-order valence-corrected chi connectivity index (χ4v) is 3.88. The van der Waals surface area contributed by atoms with Gasteiger partial charge in [-0.1, -0.05) is 24.3 Å². The number of fused-ring (bicyclic) bond motifs is 2. The minimum Gasteiger partial charge on any atom is -0.496 e. The van der Waals surface area contributed by atoms with E-state index in [0.29, 0.717) is 5.95 Å². The summed E-state index contributed by atoms with van der Waals surface area (Å²) in [6.07, 6.45) is 2.89. The molecule has 0 fully saturated rings. The van der Waals surface area contributed by atoms with Gasteiger partial charge in [-0.2, -0.15) is 0 Å². The Hall–Kier alpha value is -3.38. The van der Waals surface area contributed by atoms with Crippen LogP contribution >= 0.6 is 0 Å². The molecule has 0 aliphatic rings. The van der Waals surface area contributed by atoms with E-state index in [4.69, 9.17) is 19.5 Å². The molecule has 0 atom stereocenters. The van der Waals surface area contributed by atoms with Crippen molar-refractivity contribution in [2.75, 3.05) is 34.9 Å². The topological polar surface area (TPSA) is 51.9 Å². The molecular formula is C25H28N4O2. The summed E-state index contributed by atoms with van der Waals surface area (Å²) in [7, 11) is 7.54. The van der Waals surface area contributed by atoms with E-state index in [1.165, 1.54) is 0 Å². The van der Waals surface area contributed by atoms with E-state index >= 15 is 0 Å². The molecule has 160 valence electrons. The van der Waals surface area contributed by atoms with Gasteiger partial charge in [0.2, 0.25) is 5.95 Å².